The van der Waals surface area contributed by atoms with E-state index in [1.165, 1.54) is 6.07 Å². The number of halogens is 1. The van der Waals surface area contributed by atoms with Gasteiger partial charge >= 0.3 is 5.97 Å². The van der Waals surface area contributed by atoms with Crippen molar-refractivity contribution in [3.05, 3.63) is 74.3 Å². The lowest BCUT2D eigenvalue weighted by atomic mass is 10.1. The molecule has 2 aromatic rings. The molecule has 0 spiro atoms. The molecular formula is C18H16ClNO5. The zero-order valence-corrected chi connectivity index (χ0v) is 14.3. The van der Waals surface area contributed by atoms with Crippen molar-refractivity contribution in [2.45, 2.75) is 19.8 Å². The first kappa shape index (κ1) is 18.6. The van der Waals surface area contributed by atoms with Crippen LogP contribution in [0.5, 0.6) is 0 Å². The molecule has 0 amide bonds. The van der Waals surface area contributed by atoms with Gasteiger partial charge in [0.25, 0.3) is 5.69 Å². The van der Waals surface area contributed by atoms with Crippen LogP contribution in [0, 0.1) is 10.1 Å². The van der Waals surface area contributed by atoms with E-state index in [9.17, 15) is 19.7 Å². The summed E-state index contributed by atoms with van der Waals surface area (Å²) in [6.07, 6.45) is 1.92. The first-order chi connectivity index (χ1) is 11.9. The maximum atomic E-state index is 12.1. The van der Waals surface area contributed by atoms with Crippen LogP contribution in [0.15, 0.2) is 42.5 Å². The highest BCUT2D eigenvalue weighted by Gasteiger charge is 2.22. The summed E-state index contributed by atoms with van der Waals surface area (Å²) < 4.78 is 4.92. The Hall–Kier alpha value is -2.73. The third-order valence-electron chi connectivity index (χ3n) is 3.52. The fraction of sp³-hybridized carbons (Fsp3) is 0.222. The van der Waals surface area contributed by atoms with Gasteiger partial charge in [-0.15, -0.1) is 0 Å². The predicted molar refractivity (Wildman–Crippen MR) is 93.2 cm³/mol. The van der Waals surface area contributed by atoms with E-state index in [4.69, 9.17) is 16.3 Å². The number of hydrogen-bond donors (Lipinski definition) is 0. The average molecular weight is 362 g/mol. The number of rotatable bonds is 7. The van der Waals surface area contributed by atoms with Crippen LogP contribution in [0.1, 0.15) is 39.6 Å². The Labute approximate surface area is 149 Å². The molecule has 0 saturated carbocycles. The zero-order chi connectivity index (χ0) is 18.4. The monoisotopic (exact) mass is 361 g/mol. The summed E-state index contributed by atoms with van der Waals surface area (Å²) in [4.78, 5) is 34.4. The van der Waals surface area contributed by atoms with Gasteiger partial charge in [-0.25, -0.2) is 4.79 Å². The number of ether oxygens (including phenoxy) is 1. The van der Waals surface area contributed by atoms with Crippen LogP contribution in [0.3, 0.4) is 0 Å². The van der Waals surface area contributed by atoms with Gasteiger partial charge in [0, 0.05) is 16.7 Å². The van der Waals surface area contributed by atoms with Crippen LogP contribution in [0.2, 0.25) is 5.02 Å². The number of benzene rings is 2. The maximum Gasteiger partial charge on any atom is 0.345 e. The maximum absolute atomic E-state index is 12.1. The molecule has 0 saturated heterocycles. The van der Waals surface area contributed by atoms with Crippen molar-refractivity contribution < 1.29 is 19.2 Å². The van der Waals surface area contributed by atoms with Gasteiger partial charge in [0.05, 0.1) is 4.92 Å². The van der Waals surface area contributed by atoms with Gasteiger partial charge in [-0.05, 0) is 24.1 Å². The second-order valence-electron chi connectivity index (χ2n) is 5.36. The lowest BCUT2D eigenvalue weighted by molar-refractivity contribution is -0.385. The van der Waals surface area contributed by atoms with E-state index in [1.807, 2.05) is 12.1 Å². The summed E-state index contributed by atoms with van der Waals surface area (Å²) in [6.45, 7) is 1.56. The summed E-state index contributed by atoms with van der Waals surface area (Å²) in [5, 5.41) is 11.1. The summed E-state index contributed by atoms with van der Waals surface area (Å²) >= 11 is 5.77. The molecule has 130 valence electrons. The number of aryl methyl sites for hydroxylation is 1. The summed E-state index contributed by atoms with van der Waals surface area (Å²) in [7, 11) is 0. The molecule has 2 aromatic carbocycles. The molecule has 0 unspecified atom stereocenters. The molecular weight excluding hydrogens is 346 g/mol. The Bertz CT molecular complexity index is 802. The van der Waals surface area contributed by atoms with Crippen LogP contribution in [0.4, 0.5) is 5.69 Å². The number of nitro benzene ring substituents is 1. The highest BCUT2D eigenvalue weighted by atomic mass is 35.5. The topological polar surface area (TPSA) is 86.5 Å². The van der Waals surface area contributed by atoms with E-state index in [1.54, 1.807) is 12.1 Å². The third kappa shape index (κ3) is 4.87. The summed E-state index contributed by atoms with van der Waals surface area (Å²) in [5.41, 5.74) is 0.813. The highest BCUT2D eigenvalue weighted by molar-refractivity contribution is 6.31. The number of Topliss-reactive ketones (excluding diaryl/α,β-unsaturated/α-hetero) is 1. The quantitative estimate of drug-likeness (QED) is 0.318. The Balaban J connectivity index is 2.05. The smallest absolute Gasteiger partial charge is 0.345 e. The fourth-order valence-electron chi connectivity index (χ4n) is 2.27. The molecule has 0 aromatic heterocycles. The second-order valence-corrected chi connectivity index (χ2v) is 5.80. The van der Waals surface area contributed by atoms with Crippen molar-refractivity contribution in [1.29, 1.82) is 0 Å². The largest absolute Gasteiger partial charge is 0.454 e. The van der Waals surface area contributed by atoms with Crippen molar-refractivity contribution in [3.8, 4) is 0 Å². The molecule has 2 rings (SSSR count). The van der Waals surface area contributed by atoms with Crippen LogP contribution in [0.25, 0.3) is 0 Å². The first-order valence-corrected chi connectivity index (χ1v) is 8.03. The molecule has 0 aliphatic rings. The molecule has 0 atom stereocenters. The minimum absolute atomic E-state index is 0.162. The van der Waals surface area contributed by atoms with Gasteiger partial charge in [-0.1, -0.05) is 49.2 Å². The van der Waals surface area contributed by atoms with E-state index >= 15 is 0 Å². The molecule has 0 N–H and O–H groups in total. The van der Waals surface area contributed by atoms with Gasteiger partial charge in [0.1, 0.15) is 5.56 Å². The van der Waals surface area contributed by atoms with E-state index < -0.39 is 23.2 Å². The van der Waals surface area contributed by atoms with Crippen LogP contribution in [-0.2, 0) is 11.2 Å². The van der Waals surface area contributed by atoms with E-state index in [0.717, 1.165) is 30.5 Å². The molecule has 0 heterocycles. The van der Waals surface area contributed by atoms with Crippen LogP contribution < -0.4 is 0 Å². The van der Waals surface area contributed by atoms with Gasteiger partial charge in [0.2, 0.25) is 0 Å². The number of esters is 1. The molecule has 0 fully saturated rings. The van der Waals surface area contributed by atoms with Crippen LogP contribution >= 0.6 is 11.6 Å². The standard InChI is InChI=1S/C18H16ClNO5/c1-2-3-12-4-6-13(7-5-12)17(21)11-25-18(22)15-10-14(19)8-9-16(15)20(23)24/h4-10H,2-3,11H2,1H3. The molecule has 0 aliphatic heterocycles. The van der Waals surface area contributed by atoms with E-state index in [0.29, 0.717) is 5.56 Å². The summed E-state index contributed by atoms with van der Waals surface area (Å²) in [6, 6.07) is 10.6. The number of nitrogens with zero attached hydrogens (tertiary/aromatic N) is 1. The molecule has 7 heteroatoms. The minimum Gasteiger partial charge on any atom is -0.454 e. The van der Waals surface area contributed by atoms with Crippen molar-refractivity contribution in [2.24, 2.45) is 0 Å². The average Bonchev–Trinajstić information content (AvgIpc) is 2.60. The molecule has 0 bridgehead atoms. The van der Waals surface area contributed by atoms with Crippen molar-refractivity contribution >= 4 is 29.0 Å². The predicted octanol–water partition coefficient (Wildman–Crippen LogP) is 4.24. The lowest BCUT2D eigenvalue weighted by Gasteiger charge is -2.06. The Morgan fingerprint density at radius 2 is 1.84 bits per heavy atom. The summed E-state index contributed by atoms with van der Waals surface area (Å²) in [5.74, 6) is -1.36. The molecule has 6 nitrogen and oxygen atoms in total. The van der Waals surface area contributed by atoms with Crippen LogP contribution in [-0.4, -0.2) is 23.3 Å². The molecule has 0 radical (unpaired) electrons. The number of hydrogen-bond acceptors (Lipinski definition) is 5. The van der Waals surface area contributed by atoms with E-state index in [-0.39, 0.29) is 16.4 Å². The Kier molecular flexibility index (Phi) is 6.25. The molecule has 25 heavy (non-hydrogen) atoms. The highest BCUT2D eigenvalue weighted by Crippen LogP contribution is 2.23. The zero-order valence-electron chi connectivity index (χ0n) is 13.5. The fourth-order valence-corrected chi connectivity index (χ4v) is 2.44. The van der Waals surface area contributed by atoms with Gasteiger partial charge in [0.15, 0.2) is 12.4 Å². The Morgan fingerprint density at radius 1 is 1.16 bits per heavy atom. The van der Waals surface area contributed by atoms with Gasteiger partial charge in [-0.2, -0.15) is 0 Å². The van der Waals surface area contributed by atoms with Crippen molar-refractivity contribution in [3.63, 3.8) is 0 Å². The first-order valence-electron chi connectivity index (χ1n) is 7.65. The number of carbonyl (C=O) groups excluding carboxylic acids is 2. The van der Waals surface area contributed by atoms with E-state index in [2.05, 4.69) is 6.92 Å². The SMILES string of the molecule is CCCc1ccc(C(=O)COC(=O)c2cc(Cl)ccc2[N+](=O)[O-])cc1. The normalized spacial score (nSPS) is 10.3. The van der Waals surface area contributed by atoms with Gasteiger partial charge in [-0.3, -0.25) is 14.9 Å². The third-order valence-corrected chi connectivity index (χ3v) is 3.76. The number of ketones is 1. The minimum atomic E-state index is -0.967. The van der Waals surface area contributed by atoms with Crippen molar-refractivity contribution in [2.75, 3.05) is 6.61 Å². The number of carbonyl (C=O) groups is 2. The molecule has 0 aliphatic carbocycles. The second kappa shape index (κ2) is 8.39. The number of nitro groups is 1. The lowest BCUT2D eigenvalue weighted by Crippen LogP contribution is -2.15. The van der Waals surface area contributed by atoms with Crippen molar-refractivity contribution in [1.82, 2.24) is 0 Å². The Morgan fingerprint density at radius 3 is 2.44 bits per heavy atom. The van der Waals surface area contributed by atoms with Gasteiger partial charge < -0.3 is 4.74 Å².